The van der Waals surface area contributed by atoms with Gasteiger partial charge in [-0.05, 0) is 36.6 Å². The largest absolute Gasteiger partial charge is 0.449 e. The summed E-state index contributed by atoms with van der Waals surface area (Å²) in [5.41, 5.74) is 0.0393. The number of ether oxygens (including phenoxy) is 1. The summed E-state index contributed by atoms with van der Waals surface area (Å²) >= 11 is 7.03. The lowest BCUT2D eigenvalue weighted by Gasteiger charge is -2.14. The number of primary sulfonamides is 1. The van der Waals surface area contributed by atoms with Gasteiger partial charge in [-0.1, -0.05) is 11.6 Å². The molecule has 1 aromatic heterocycles. The molecule has 1 unspecified atom stereocenters. The number of anilines is 1. The molecule has 0 aliphatic carbocycles. The molecule has 1 atom stereocenters. The van der Waals surface area contributed by atoms with Crippen LogP contribution in [0.25, 0.3) is 0 Å². The summed E-state index contributed by atoms with van der Waals surface area (Å²) in [5, 5.41) is 18.3. The van der Waals surface area contributed by atoms with E-state index in [4.69, 9.17) is 26.7 Å². The van der Waals surface area contributed by atoms with Crippen molar-refractivity contribution in [2.45, 2.75) is 17.9 Å². The highest BCUT2D eigenvalue weighted by molar-refractivity contribution is 7.89. The van der Waals surface area contributed by atoms with Crippen molar-refractivity contribution < 1.29 is 22.7 Å². The first-order chi connectivity index (χ1) is 12.1. The number of nitrogens with two attached hydrogens (primary N) is 1. The van der Waals surface area contributed by atoms with Crippen LogP contribution < -0.4 is 10.5 Å². The Balaban J connectivity index is 2.14. The van der Waals surface area contributed by atoms with Crippen molar-refractivity contribution >= 4 is 49.8 Å². The highest BCUT2D eigenvalue weighted by Gasteiger charge is 2.23. The molecule has 1 amide bonds. The predicted octanol–water partition coefficient (Wildman–Crippen LogP) is 2.10. The van der Waals surface area contributed by atoms with Gasteiger partial charge in [0.1, 0.15) is 11.1 Å². The summed E-state index contributed by atoms with van der Waals surface area (Å²) in [6, 6.07) is 6.75. The van der Waals surface area contributed by atoms with Crippen LogP contribution in [0, 0.1) is 11.3 Å². The Morgan fingerprint density at radius 3 is 2.69 bits per heavy atom. The van der Waals surface area contributed by atoms with E-state index in [1.165, 1.54) is 19.1 Å². The molecule has 26 heavy (non-hydrogen) atoms. The lowest BCUT2D eigenvalue weighted by molar-refractivity contribution is -0.123. The highest BCUT2D eigenvalue weighted by Crippen LogP contribution is 2.23. The van der Waals surface area contributed by atoms with Crippen molar-refractivity contribution in [3.05, 3.63) is 45.8 Å². The van der Waals surface area contributed by atoms with Crippen LogP contribution in [0.3, 0.4) is 0 Å². The Hall–Kier alpha value is -2.45. The number of hydrogen-bond donors (Lipinski definition) is 2. The fourth-order valence-corrected chi connectivity index (χ4v) is 3.30. The molecule has 0 saturated carbocycles. The third-order valence-corrected chi connectivity index (χ3v) is 5.23. The molecule has 136 valence electrons. The normalized spacial score (nSPS) is 12.1. The molecule has 2 aromatic rings. The van der Waals surface area contributed by atoms with Crippen molar-refractivity contribution in [1.82, 2.24) is 0 Å². The first-order valence-corrected chi connectivity index (χ1v) is 9.75. The number of carbonyl (C=O) groups is 2. The zero-order valence-corrected chi connectivity index (χ0v) is 15.6. The molecule has 0 radical (unpaired) electrons. The number of nitrogens with zero attached hydrogens (tertiary/aromatic N) is 1. The summed E-state index contributed by atoms with van der Waals surface area (Å²) in [4.78, 5) is 24.0. The number of carbonyl (C=O) groups excluding carboxylic acids is 2. The Morgan fingerprint density at radius 2 is 2.08 bits per heavy atom. The van der Waals surface area contributed by atoms with Gasteiger partial charge < -0.3 is 10.1 Å². The molecular weight excluding hydrogens is 402 g/mol. The van der Waals surface area contributed by atoms with Gasteiger partial charge in [0.05, 0.1) is 21.0 Å². The Kier molecular flexibility index (Phi) is 5.99. The molecule has 0 spiro atoms. The van der Waals surface area contributed by atoms with Gasteiger partial charge >= 0.3 is 5.97 Å². The number of thiophene rings is 1. The Morgan fingerprint density at radius 1 is 1.38 bits per heavy atom. The molecule has 1 heterocycles. The van der Waals surface area contributed by atoms with Gasteiger partial charge in [0.15, 0.2) is 6.10 Å². The van der Waals surface area contributed by atoms with E-state index >= 15 is 0 Å². The molecule has 0 fully saturated rings. The van der Waals surface area contributed by atoms with Crippen LogP contribution in [0.1, 0.15) is 22.8 Å². The van der Waals surface area contributed by atoms with E-state index in [2.05, 4.69) is 5.32 Å². The second kappa shape index (κ2) is 7.84. The van der Waals surface area contributed by atoms with Gasteiger partial charge in [-0.2, -0.15) is 5.26 Å². The van der Waals surface area contributed by atoms with Gasteiger partial charge in [-0.25, -0.2) is 18.4 Å². The van der Waals surface area contributed by atoms with Crippen molar-refractivity contribution in [3.8, 4) is 6.07 Å². The maximum Gasteiger partial charge on any atom is 0.340 e. The number of amides is 1. The van der Waals surface area contributed by atoms with Crippen molar-refractivity contribution in [2.75, 3.05) is 5.32 Å². The lowest BCUT2D eigenvalue weighted by Crippen LogP contribution is -2.30. The standard InChI is InChI=1S/C15H12ClN3O5S2/c1-8(13(20)19-14-9(7-17)4-5-25-14)24-15(21)11-6-10(26(18,22)23)2-3-12(11)16/h2-6,8H,1H3,(H,19,20)(H2,18,22,23). The third-order valence-electron chi connectivity index (χ3n) is 3.16. The molecule has 1 aromatic carbocycles. The maximum absolute atomic E-state index is 12.2. The molecular formula is C15H12ClN3O5S2. The Bertz CT molecular complexity index is 1010. The van der Waals surface area contributed by atoms with Crippen molar-refractivity contribution in [1.29, 1.82) is 5.26 Å². The summed E-state index contributed by atoms with van der Waals surface area (Å²) in [5.74, 6) is -1.65. The van der Waals surface area contributed by atoms with Gasteiger partial charge in [-0.15, -0.1) is 11.3 Å². The molecule has 0 bridgehead atoms. The molecule has 0 aliphatic heterocycles. The number of hydrogen-bond acceptors (Lipinski definition) is 7. The average molecular weight is 414 g/mol. The van der Waals surface area contributed by atoms with Crippen LogP contribution in [0.2, 0.25) is 5.02 Å². The van der Waals surface area contributed by atoms with E-state index in [0.29, 0.717) is 5.00 Å². The molecule has 0 saturated heterocycles. The van der Waals surface area contributed by atoms with E-state index in [1.54, 1.807) is 5.38 Å². The number of esters is 1. The number of nitriles is 1. The maximum atomic E-state index is 12.2. The van der Waals surface area contributed by atoms with E-state index in [-0.39, 0.29) is 21.0 Å². The van der Waals surface area contributed by atoms with Crippen LogP contribution in [0.5, 0.6) is 0 Å². The van der Waals surface area contributed by atoms with E-state index in [1.807, 2.05) is 6.07 Å². The lowest BCUT2D eigenvalue weighted by atomic mass is 10.2. The van der Waals surface area contributed by atoms with Crippen molar-refractivity contribution in [3.63, 3.8) is 0 Å². The fourth-order valence-electron chi connectivity index (χ4n) is 1.82. The van der Waals surface area contributed by atoms with E-state index in [0.717, 1.165) is 23.5 Å². The second-order valence-corrected chi connectivity index (χ2v) is 7.88. The number of nitrogens with one attached hydrogen (secondary N) is 1. The molecule has 0 aliphatic rings. The minimum Gasteiger partial charge on any atom is -0.449 e. The first kappa shape index (κ1) is 19.9. The molecule has 2 rings (SSSR count). The smallest absolute Gasteiger partial charge is 0.340 e. The minimum atomic E-state index is -4.04. The van der Waals surface area contributed by atoms with Crippen LogP contribution in [-0.4, -0.2) is 26.4 Å². The number of benzene rings is 1. The Labute approximate surface area is 158 Å². The van der Waals surface area contributed by atoms with Crippen LogP contribution >= 0.6 is 22.9 Å². The van der Waals surface area contributed by atoms with Gasteiger partial charge in [-0.3, -0.25) is 4.79 Å². The summed E-state index contributed by atoms with van der Waals surface area (Å²) in [6.45, 7) is 1.32. The summed E-state index contributed by atoms with van der Waals surface area (Å²) < 4.78 is 27.8. The SMILES string of the molecule is CC(OC(=O)c1cc(S(N)(=O)=O)ccc1Cl)C(=O)Nc1sccc1C#N. The number of sulfonamides is 1. The quantitative estimate of drug-likeness (QED) is 0.719. The molecule has 8 nitrogen and oxygen atoms in total. The zero-order valence-electron chi connectivity index (χ0n) is 13.2. The molecule has 3 N–H and O–H groups in total. The fraction of sp³-hybridized carbons (Fsp3) is 0.133. The average Bonchev–Trinajstić information content (AvgIpc) is 3.01. The van der Waals surface area contributed by atoms with Gasteiger partial charge in [0.2, 0.25) is 10.0 Å². The van der Waals surface area contributed by atoms with Crippen LogP contribution in [0.4, 0.5) is 5.00 Å². The number of halogens is 1. The third kappa shape index (κ3) is 4.59. The molecule has 11 heteroatoms. The second-order valence-electron chi connectivity index (χ2n) is 5.00. The monoisotopic (exact) mass is 413 g/mol. The van der Waals surface area contributed by atoms with Crippen molar-refractivity contribution in [2.24, 2.45) is 5.14 Å². The zero-order chi connectivity index (χ0) is 19.5. The van der Waals surface area contributed by atoms with Gasteiger partial charge in [0.25, 0.3) is 5.91 Å². The predicted molar refractivity (Wildman–Crippen MR) is 95.4 cm³/mol. The van der Waals surface area contributed by atoms with Gasteiger partial charge in [0, 0.05) is 0 Å². The van der Waals surface area contributed by atoms with Crippen LogP contribution in [-0.2, 0) is 19.6 Å². The minimum absolute atomic E-state index is 0.0555. The first-order valence-electron chi connectivity index (χ1n) is 6.95. The van der Waals surface area contributed by atoms with E-state index < -0.39 is 28.0 Å². The number of rotatable bonds is 5. The highest BCUT2D eigenvalue weighted by atomic mass is 35.5. The van der Waals surface area contributed by atoms with E-state index in [9.17, 15) is 18.0 Å². The summed E-state index contributed by atoms with van der Waals surface area (Å²) in [7, 11) is -4.04. The van der Waals surface area contributed by atoms with Crippen LogP contribution in [0.15, 0.2) is 34.5 Å². The topological polar surface area (TPSA) is 139 Å². The summed E-state index contributed by atoms with van der Waals surface area (Å²) in [6.07, 6.45) is -1.22.